The van der Waals surface area contributed by atoms with Crippen molar-refractivity contribution < 1.29 is 14.7 Å². The zero-order chi connectivity index (χ0) is 17.9. The van der Waals surface area contributed by atoms with Crippen molar-refractivity contribution in [3.8, 4) is 0 Å². The van der Waals surface area contributed by atoms with E-state index in [2.05, 4.69) is 4.98 Å². The van der Waals surface area contributed by atoms with Gasteiger partial charge in [0.05, 0.1) is 0 Å². The number of hydrogen-bond donors (Lipinski definition) is 1. The maximum atomic E-state index is 12.3. The molecule has 2 saturated heterocycles. The summed E-state index contributed by atoms with van der Waals surface area (Å²) in [6, 6.07) is 3.89. The number of nitrogens with zero attached hydrogens (tertiary/aromatic N) is 3. The van der Waals surface area contributed by atoms with Crippen molar-refractivity contribution in [1.29, 1.82) is 0 Å². The molecule has 0 radical (unpaired) electrons. The van der Waals surface area contributed by atoms with E-state index in [0.29, 0.717) is 32.5 Å². The minimum absolute atomic E-state index is 0.106. The van der Waals surface area contributed by atoms with Crippen molar-refractivity contribution in [2.75, 3.05) is 19.6 Å². The van der Waals surface area contributed by atoms with Gasteiger partial charge in [0.2, 0.25) is 5.91 Å². The van der Waals surface area contributed by atoms with Gasteiger partial charge in [-0.15, -0.1) is 0 Å². The normalized spacial score (nSPS) is 21.4. The van der Waals surface area contributed by atoms with Crippen LogP contribution in [0.25, 0.3) is 0 Å². The van der Waals surface area contributed by atoms with Gasteiger partial charge >= 0.3 is 0 Å². The van der Waals surface area contributed by atoms with E-state index in [0.717, 1.165) is 31.4 Å². The minimum atomic E-state index is -0.884. The number of aliphatic hydroxyl groups excluding tert-OH is 1. The highest BCUT2D eigenvalue weighted by Crippen LogP contribution is 2.40. The van der Waals surface area contributed by atoms with Crippen LogP contribution in [0.15, 0.2) is 24.5 Å². The van der Waals surface area contributed by atoms with Gasteiger partial charge in [0.1, 0.15) is 6.10 Å². The summed E-state index contributed by atoms with van der Waals surface area (Å²) in [5, 5.41) is 9.77. The van der Waals surface area contributed by atoms with Crippen molar-refractivity contribution in [1.82, 2.24) is 14.8 Å². The Morgan fingerprint density at radius 2 is 1.96 bits per heavy atom. The third-order valence-electron chi connectivity index (χ3n) is 5.68. The number of hydrogen-bond acceptors (Lipinski definition) is 4. The van der Waals surface area contributed by atoms with Gasteiger partial charge in [0.15, 0.2) is 0 Å². The van der Waals surface area contributed by atoms with Gasteiger partial charge in [-0.1, -0.05) is 6.92 Å². The van der Waals surface area contributed by atoms with Crippen molar-refractivity contribution in [3.63, 3.8) is 0 Å². The molecule has 6 heteroatoms. The maximum Gasteiger partial charge on any atom is 0.251 e. The first-order valence-corrected chi connectivity index (χ1v) is 9.16. The number of carbonyl (C=O) groups is 2. The Bertz CT molecular complexity index is 612. The summed E-state index contributed by atoms with van der Waals surface area (Å²) in [4.78, 5) is 32.3. The minimum Gasteiger partial charge on any atom is -0.383 e. The van der Waals surface area contributed by atoms with Gasteiger partial charge in [0.25, 0.3) is 5.91 Å². The first kappa shape index (κ1) is 17.9. The van der Waals surface area contributed by atoms with Gasteiger partial charge in [0, 0.05) is 45.0 Å². The molecule has 0 aliphatic carbocycles. The zero-order valence-corrected chi connectivity index (χ0v) is 14.9. The lowest BCUT2D eigenvalue weighted by Gasteiger charge is -2.47. The number of piperidine rings is 2. The zero-order valence-electron chi connectivity index (χ0n) is 14.9. The molecule has 3 heterocycles. The van der Waals surface area contributed by atoms with E-state index >= 15 is 0 Å². The van der Waals surface area contributed by atoms with E-state index in [1.165, 1.54) is 0 Å². The third kappa shape index (κ3) is 4.00. The molecule has 1 N–H and O–H groups in total. The van der Waals surface area contributed by atoms with Crippen molar-refractivity contribution >= 4 is 11.8 Å². The molecule has 1 spiro atoms. The SMILES string of the molecule is CCC(O)C(=O)N1CCC2(CCC(=O)N(Cc3ccncc3)C2)CC1. The second kappa shape index (κ2) is 7.52. The topological polar surface area (TPSA) is 73.7 Å². The fourth-order valence-corrected chi connectivity index (χ4v) is 3.95. The molecule has 136 valence electrons. The van der Waals surface area contributed by atoms with Gasteiger partial charge in [-0.3, -0.25) is 14.6 Å². The van der Waals surface area contributed by atoms with Crippen LogP contribution in [0, 0.1) is 5.41 Å². The average molecular weight is 345 g/mol. The smallest absolute Gasteiger partial charge is 0.251 e. The number of aliphatic hydroxyl groups is 1. The highest BCUT2D eigenvalue weighted by molar-refractivity contribution is 5.80. The fourth-order valence-electron chi connectivity index (χ4n) is 3.95. The molecule has 6 nitrogen and oxygen atoms in total. The van der Waals surface area contributed by atoms with Gasteiger partial charge < -0.3 is 14.9 Å². The highest BCUT2D eigenvalue weighted by atomic mass is 16.3. The Kier molecular flexibility index (Phi) is 5.37. The number of amides is 2. The molecule has 1 aromatic rings. The van der Waals surface area contributed by atoms with E-state index in [4.69, 9.17) is 0 Å². The summed E-state index contributed by atoms with van der Waals surface area (Å²) in [6.45, 7) is 4.55. The predicted octanol–water partition coefficient (Wildman–Crippen LogP) is 1.58. The molecule has 0 saturated carbocycles. The largest absolute Gasteiger partial charge is 0.383 e. The first-order chi connectivity index (χ1) is 12.0. The number of aromatic nitrogens is 1. The number of likely N-dealkylation sites (tertiary alicyclic amines) is 2. The van der Waals surface area contributed by atoms with Gasteiger partial charge in [-0.2, -0.15) is 0 Å². The molecule has 2 fully saturated rings. The van der Waals surface area contributed by atoms with Crippen molar-refractivity contribution in [2.45, 2.75) is 51.7 Å². The lowest BCUT2D eigenvalue weighted by atomic mass is 9.72. The second-order valence-corrected chi connectivity index (χ2v) is 7.35. The Morgan fingerprint density at radius 1 is 1.28 bits per heavy atom. The molecule has 2 aliphatic heterocycles. The monoisotopic (exact) mass is 345 g/mol. The van der Waals surface area contributed by atoms with E-state index in [-0.39, 0.29) is 17.2 Å². The second-order valence-electron chi connectivity index (χ2n) is 7.35. The molecule has 2 amide bonds. The lowest BCUT2D eigenvalue weighted by Crippen LogP contribution is -2.53. The Hall–Kier alpha value is -1.95. The average Bonchev–Trinajstić information content (AvgIpc) is 2.65. The van der Waals surface area contributed by atoms with Crippen LogP contribution in [-0.4, -0.2) is 57.4 Å². The summed E-state index contributed by atoms with van der Waals surface area (Å²) in [7, 11) is 0. The molecular formula is C19H27N3O3. The summed E-state index contributed by atoms with van der Waals surface area (Å²) in [5.41, 5.74) is 1.20. The van der Waals surface area contributed by atoms with Crippen LogP contribution in [0.3, 0.4) is 0 Å². The quantitative estimate of drug-likeness (QED) is 0.899. The van der Waals surface area contributed by atoms with Crippen LogP contribution in [0.2, 0.25) is 0 Å². The first-order valence-electron chi connectivity index (χ1n) is 9.16. The lowest BCUT2D eigenvalue weighted by molar-refractivity contribution is -0.147. The number of pyridine rings is 1. The van der Waals surface area contributed by atoms with E-state index in [1.54, 1.807) is 17.3 Å². The number of rotatable bonds is 4. The van der Waals surface area contributed by atoms with Crippen LogP contribution in [0.1, 0.15) is 44.6 Å². The molecule has 1 unspecified atom stereocenters. The molecule has 0 bridgehead atoms. The van der Waals surface area contributed by atoms with Crippen LogP contribution in [0.5, 0.6) is 0 Å². The summed E-state index contributed by atoms with van der Waals surface area (Å²) in [6.07, 6.45) is 6.35. The number of carbonyl (C=O) groups excluding carboxylic acids is 2. The fraction of sp³-hybridized carbons (Fsp3) is 0.632. The Labute approximate surface area is 148 Å². The third-order valence-corrected chi connectivity index (χ3v) is 5.68. The molecule has 1 aromatic heterocycles. The van der Waals surface area contributed by atoms with Crippen molar-refractivity contribution in [3.05, 3.63) is 30.1 Å². The summed E-state index contributed by atoms with van der Waals surface area (Å²) >= 11 is 0. The summed E-state index contributed by atoms with van der Waals surface area (Å²) in [5.74, 6) is 0.0558. The van der Waals surface area contributed by atoms with Crippen LogP contribution in [0.4, 0.5) is 0 Å². The van der Waals surface area contributed by atoms with E-state index in [1.807, 2.05) is 24.0 Å². The Balaban J connectivity index is 1.61. The molecule has 0 aromatic carbocycles. The van der Waals surface area contributed by atoms with E-state index < -0.39 is 6.10 Å². The molecule has 3 rings (SSSR count). The Morgan fingerprint density at radius 3 is 2.60 bits per heavy atom. The van der Waals surface area contributed by atoms with Gasteiger partial charge in [-0.05, 0) is 48.8 Å². The van der Waals surface area contributed by atoms with Gasteiger partial charge in [-0.25, -0.2) is 0 Å². The maximum absolute atomic E-state index is 12.3. The van der Waals surface area contributed by atoms with E-state index in [9.17, 15) is 14.7 Å². The highest BCUT2D eigenvalue weighted by Gasteiger charge is 2.42. The molecule has 1 atom stereocenters. The molecular weight excluding hydrogens is 318 g/mol. The van der Waals surface area contributed by atoms with Crippen LogP contribution < -0.4 is 0 Å². The van der Waals surface area contributed by atoms with Crippen molar-refractivity contribution in [2.24, 2.45) is 5.41 Å². The molecule has 2 aliphatic rings. The predicted molar refractivity (Wildman–Crippen MR) is 93.4 cm³/mol. The molecule has 25 heavy (non-hydrogen) atoms. The van der Waals surface area contributed by atoms with Crippen LogP contribution in [-0.2, 0) is 16.1 Å². The standard InChI is InChI=1S/C19H27N3O3/c1-2-16(23)18(25)21-11-7-19(8-12-21)6-3-17(24)22(14-19)13-15-4-9-20-10-5-15/h4-5,9-10,16,23H,2-3,6-8,11-14H2,1H3. The van der Waals surface area contributed by atoms with Crippen LogP contribution >= 0.6 is 0 Å². The summed E-state index contributed by atoms with van der Waals surface area (Å²) < 4.78 is 0.